The molecule has 0 saturated carbocycles. The summed E-state index contributed by atoms with van der Waals surface area (Å²) in [7, 11) is 0. The second-order valence-corrected chi connectivity index (χ2v) is 9.20. The van der Waals surface area contributed by atoms with Crippen LogP contribution in [-0.2, 0) is 19.0 Å². The first-order chi connectivity index (χ1) is 15.2. The zero-order chi connectivity index (χ0) is 22.8. The molecule has 2 aliphatic rings. The van der Waals surface area contributed by atoms with Crippen LogP contribution in [0.3, 0.4) is 0 Å². The highest BCUT2D eigenvalue weighted by Crippen LogP contribution is 2.42. The van der Waals surface area contributed by atoms with E-state index < -0.39 is 17.8 Å². The molecule has 1 amide bonds. The Bertz CT molecular complexity index is 1240. The van der Waals surface area contributed by atoms with Crippen LogP contribution >= 0.6 is 11.6 Å². The van der Waals surface area contributed by atoms with Gasteiger partial charge in [0.15, 0.2) is 17.0 Å². The van der Waals surface area contributed by atoms with Crippen LogP contribution in [0.15, 0.2) is 24.3 Å². The normalized spacial score (nSPS) is 20.9. The number of aromatic nitrogens is 3. The summed E-state index contributed by atoms with van der Waals surface area (Å²) in [4.78, 5) is 19.4. The van der Waals surface area contributed by atoms with E-state index in [1.54, 1.807) is 17.0 Å². The smallest absolute Gasteiger partial charge is 0.334 e. The number of carbonyl (C=O) groups excluding carboxylic acids is 1. The van der Waals surface area contributed by atoms with E-state index >= 15 is 0 Å². The number of benzene rings is 1. The highest BCUT2D eigenvalue weighted by molar-refractivity contribution is 6.36. The number of fused-ring (bicyclic) bond motifs is 4. The predicted octanol–water partition coefficient (Wildman–Crippen LogP) is 5.43. The van der Waals surface area contributed by atoms with E-state index in [0.29, 0.717) is 24.4 Å². The summed E-state index contributed by atoms with van der Waals surface area (Å²) >= 11 is 6.48. The number of aryl methyl sites for hydroxylation is 1. The molecule has 0 spiro atoms. The van der Waals surface area contributed by atoms with Crippen molar-refractivity contribution in [2.75, 3.05) is 6.54 Å². The lowest BCUT2D eigenvalue weighted by Crippen LogP contribution is -2.44. The number of alkyl halides is 3. The first kappa shape index (κ1) is 21.2. The molecule has 5 rings (SSSR count). The van der Waals surface area contributed by atoms with Crippen molar-refractivity contribution in [1.82, 2.24) is 19.5 Å². The van der Waals surface area contributed by atoms with E-state index in [1.165, 1.54) is 0 Å². The second-order valence-electron chi connectivity index (χ2n) is 8.82. The minimum Gasteiger partial charge on any atom is -0.334 e. The third-order valence-corrected chi connectivity index (χ3v) is 6.94. The third kappa shape index (κ3) is 3.27. The summed E-state index contributed by atoms with van der Waals surface area (Å²) in [6, 6.07) is 7.25. The maximum atomic E-state index is 14.3. The fraction of sp³-hybridized carbons (Fsp3) is 0.435. The van der Waals surface area contributed by atoms with Crippen LogP contribution in [0.4, 0.5) is 13.2 Å². The van der Waals surface area contributed by atoms with Crippen molar-refractivity contribution >= 4 is 23.2 Å². The number of likely N-dealkylation sites (tertiary alicyclic amines) is 1. The van der Waals surface area contributed by atoms with Crippen LogP contribution in [0.5, 0.6) is 0 Å². The van der Waals surface area contributed by atoms with Crippen molar-refractivity contribution in [3.05, 3.63) is 51.8 Å². The molecule has 1 fully saturated rings. The van der Waals surface area contributed by atoms with Crippen molar-refractivity contribution in [1.29, 1.82) is 0 Å². The van der Waals surface area contributed by atoms with Gasteiger partial charge < -0.3 is 4.90 Å². The molecule has 2 aromatic heterocycles. The van der Waals surface area contributed by atoms with Crippen molar-refractivity contribution < 1.29 is 18.0 Å². The van der Waals surface area contributed by atoms with E-state index in [-0.39, 0.29) is 40.1 Å². The Labute approximate surface area is 188 Å². The molecule has 1 aliphatic carbocycles. The molecule has 0 bridgehead atoms. The van der Waals surface area contributed by atoms with Gasteiger partial charge in [0.05, 0.1) is 5.69 Å². The molecule has 0 N–H and O–H groups in total. The Balaban J connectivity index is 1.72. The Morgan fingerprint density at radius 2 is 1.94 bits per heavy atom. The van der Waals surface area contributed by atoms with E-state index in [0.717, 1.165) is 22.9 Å². The first-order valence-corrected chi connectivity index (χ1v) is 11.1. The predicted molar refractivity (Wildman–Crippen MR) is 115 cm³/mol. The number of halogens is 4. The van der Waals surface area contributed by atoms with Crippen LogP contribution in [0.2, 0.25) is 5.02 Å². The van der Waals surface area contributed by atoms with Gasteiger partial charge in [-0.25, -0.2) is 9.50 Å². The molecule has 3 heterocycles. The highest BCUT2D eigenvalue weighted by Gasteiger charge is 2.41. The summed E-state index contributed by atoms with van der Waals surface area (Å²) in [5, 5.41) is 3.94. The zero-order valence-electron chi connectivity index (χ0n) is 17.7. The van der Waals surface area contributed by atoms with Crippen LogP contribution in [0.25, 0.3) is 16.9 Å². The molecule has 5 nitrogen and oxygen atoms in total. The number of hydrogen-bond acceptors (Lipinski definition) is 3. The second kappa shape index (κ2) is 7.47. The maximum Gasteiger partial charge on any atom is 0.433 e. The fourth-order valence-corrected chi connectivity index (χ4v) is 5.26. The highest BCUT2D eigenvalue weighted by atomic mass is 35.5. The van der Waals surface area contributed by atoms with Gasteiger partial charge in [-0.15, -0.1) is 0 Å². The lowest BCUT2D eigenvalue weighted by Gasteiger charge is -2.36. The number of carbonyl (C=O) groups is 1. The molecule has 9 heteroatoms. The molecule has 1 aliphatic heterocycles. The average molecular weight is 463 g/mol. The van der Waals surface area contributed by atoms with Crippen molar-refractivity contribution in [2.45, 2.75) is 51.7 Å². The molecule has 2 unspecified atom stereocenters. The molecule has 3 aromatic rings. The summed E-state index contributed by atoms with van der Waals surface area (Å²) in [6.07, 6.45) is -2.36. The van der Waals surface area contributed by atoms with Gasteiger partial charge in [0.1, 0.15) is 5.02 Å². The van der Waals surface area contributed by atoms with Gasteiger partial charge >= 0.3 is 6.18 Å². The van der Waals surface area contributed by atoms with Crippen molar-refractivity contribution in [2.24, 2.45) is 5.92 Å². The number of rotatable bonds is 1. The topological polar surface area (TPSA) is 50.5 Å². The molecule has 2 atom stereocenters. The first-order valence-electron chi connectivity index (χ1n) is 10.7. The van der Waals surface area contributed by atoms with Crippen LogP contribution in [-0.4, -0.2) is 38.0 Å². The summed E-state index contributed by atoms with van der Waals surface area (Å²) in [6.45, 7) is 4.58. The fourth-order valence-electron chi connectivity index (χ4n) is 5.02. The summed E-state index contributed by atoms with van der Waals surface area (Å²) in [5.41, 5.74) is 0.708. The SMILES string of the molecule is CC1CCN(C(=O)c2nn3c(C(F)(F)F)c4c(nc3c2Cl)-c2ccccc2CC4)C(C)C1. The summed E-state index contributed by atoms with van der Waals surface area (Å²) < 4.78 is 43.5. The van der Waals surface area contributed by atoms with Crippen LogP contribution in [0, 0.1) is 5.92 Å². The molecular formula is C23H22ClF3N4O. The number of piperidine rings is 1. The van der Waals surface area contributed by atoms with E-state index in [4.69, 9.17) is 11.6 Å². The summed E-state index contributed by atoms with van der Waals surface area (Å²) in [5.74, 6) is 0.0299. The minimum absolute atomic E-state index is 0.0396. The van der Waals surface area contributed by atoms with Crippen LogP contribution < -0.4 is 0 Å². The van der Waals surface area contributed by atoms with E-state index in [9.17, 15) is 18.0 Å². The monoisotopic (exact) mass is 462 g/mol. The van der Waals surface area contributed by atoms with Gasteiger partial charge in [-0.1, -0.05) is 42.8 Å². The number of hydrogen-bond donors (Lipinski definition) is 0. The van der Waals surface area contributed by atoms with Gasteiger partial charge in [-0.3, -0.25) is 4.79 Å². The number of amides is 1. The lowest BCUT2D eigenvalue weighted by atomic mass is 9.88. The van der Waals surface area contributed by atoms with Gasteiger partial charge in [0.2, 0.25) is 0 Å². The maximum absolute atomic E-state index is 14.3. The largest absolute Gasteiger partial charge is 0.433 e. The van der Waals surface area contributed by atoms with Gasteiger partial charge in [0.25, 0.3) is 5.91 Å². The standard InChI is InChI=1S/C23H22ClF3N4O/c1-12-9-10-30(13(2)11-12)22(32)19-17(24)21-28-18-15-6-4-3-5-14(15)7-8-16(18)20(23(25,26)27)31(21)29-19/h3-6,12-13H,7-11H2,1-2H3. The van der Waals surface area contributed by atoms with Gasteiger partial charge in [-0.2, -0.15) is 18.3 Å². The molecule has 168 valence electrons. The van der Waals surface area contributed by atoms with Crippen molar-refractivity contribution in [3.8, 4) is 11.3 Å². The Hall–Kier alpha value is -2.61. The molecular weight excluding hydrogens is 441 g/mol. The van der Waals surface area contributed by atoms with Gasteiger partial charge in [0, 0.05) is 23.7 Å². The third-order valence-electron chi connectivity index (χ3n) is 6.59. The Morgan fingerprint density at radius 1 is 1.19 bits per heavy atom. The average Bonchev–Trinajstić information content (AvgIpc) is 3.06. The van der Waals surface area contributed by atoms with E-state index in [2.05, 4.69) is 17.0 Å². The quantitative estimate of drug-likeness (QED) is 0.484. The molecule has 1 saturated heterocycles. The lowest BCUT2D eigenvalue weighted by molar-refractivity contribution is -0.143. The Morgan fingerprint density at radius 3 is 2.66 bits per heavy atom. The molecule has 1 aromatic carbocycles. The molecule has 32 heavy (non-hydrogen) atoms. The minimum atomic E-state index is -4.68. The molecule has 0 radical (unpaired) electrons. The van der Waals surface area contributed by atoms with Crippen molar-refractivity contribution in [3.63, 3.8) is 0 Å². The zero-order valence-corrected chi connectivity index (χ0v) is 18.5. The van der Waals surface area contributed by atoms with E-state index in [1.807, 2.05) is 19.1 Å². The Kier molecular flexibility index (Phi) is 4.96. The van der Waals surface area contributed by atoms with Gasteiger partial charge in [-0.05, 0) is 44.1 Å². The number of nitrogens with zero attached hydrogens (tertiary/aromatic N) is 4. The van der Waals surface area contributed by atoms with Crippen LogP contribution in [0.1, 0.15) is 54.0 Å².